The molecule has 0 N–H and O–H groups in total. The van der Waals surface area contributed by atoms with E-state index in [4.69, 9.17) is 116 Å². The summed E-state index contributed by atoms with van der Waals surface area (Å²) in [5, 5.41) is -1.20. The lowest BCUT2D eigenvalue weighted by Crippen LogP contribution is -2.76. The predicted molar refractivity (Wildman–Crippen MR) is 86.3 cm³/mol. The first-order valence-electron chi connectivity index (χ1n) is 4.56. The SMILES string of the molecule is CCC1(Cl)C(Cl)C(Cl)(Cl)C(Cl)(Cl)C(Cl)(Cl)C1(Cl)Cl. The fourth-order valence-electron chi connectivity index (χ4n) is 1.67. The van der Waals surface area contributed by atoms with Gasteiger partial charge >= 0.3 is 0 Å². The molecule has 1 aliphatic rings. The summed E-state index contributed by atoms with van der Waals surface area (Å²) in [7, 11) is 0. The van der Waals surface area contributed by atoms with Crippen molar-refractivity contribution >= 4 is 116 Å². The minimum absolute atomic E-state index is 0.183. The van der Waals surface area contributed by atoms with Gasteiger partial charge < -0.3 is 0 Å². The van der Waals surface area contributed by atoms with E-state index < -0.39 is 27.6 Å². The van der Waals surface area contributed by atoms with Crippen molar-refractivity contribution in [3.63, 3.8) is 0 Å². The standard InChI is InChI=1S/C8H6Cl10/c1-2-4(10)3(9)5(11,12)7(15,16)8(17,18)6(4,13)14/h3H,2H2,1H3. The minimum Gasteiger partial charge on any atom is -0.118 e. The molecule has 2 atom stereocenters. The van der Waals surface area contributed by atoms with Crippen molar-refractivity contribution in [2.24, 2.45) is 0 Å². The van der Waals surface area contributed by atoms with Crippen LogP contribution in [-0.2, 0) is 0 Å². The van der Waals surface area contributed by atoms with Crippen molar-refractivity contribution in [2.75, 3.05) is 0 Å². The highest BCUT2D eigenvalue weighted by Gasteiger charge is 2.82. The second kappa shape index (κ2) is 5.22. The van der Waals surface area contributed by atoms with E-state index in [-0.39, 0.29) is 6.42 Å². The van der Waals surface area contributed by atoms with Crippen molar-refractivity contribution in [1.82, 2.24) is 0 Å². The molecule has 108 valence electrons. The Labute approximate surface area is 155 Å². The van der Waals surface area contributed by atoms with Gasteiger partial charge in [0.15, 0.2) is 17.3 Å². The van der Waals surface area contributed by atoms with Crippen LogP contribution in [0.2, 0.25) is 0 Å². The van der Waals surface area contributed by atoms with Crippen molar-refractivity contribution < 1.29 is 0 Å². The van der Waals surface area contributed by atoms with Crippen LogP contribution < -0.4 is 0 Å². The zero-order valence-corrected chi connectivity index (χ0v) is 16.1. The molecule has 0 aliphatic heterocycles. The molecule has 2 unspecified atom stereocenters. The predicted octanol–water partition coefficient (Wildman–Crippen LogP) is 6.69. The summed E-state index contributed by atoms with van der Waals surface area (Å²) in [5.41, 5.74) is 0. The highest BCUT2D eigenvalue weighted by Crippen LogP contribution is 2.72. The molecule has 0 bridgehead atoms. The van der Waals surface area contributed by atoms with Gasteiger partial charge in [-0.25, -0.2) is 0 Å². The second-order valence-electron chi connectivity index (χ2n) is 3.92. The molecule has 0 aromatic rings. The molecule has 0 aromatic heterocycles. The van der Waals surface area contributed by atoms with Crippen LogP contribution in [0.1, 0.15) is 13.3 Å². The van der Waals surface area contributed by atoms with Crippen molar-refractivity contribution in [3.8, 4) is 0 Å². The fourth-order valence-corrected chi connectivity index (χ4v) is 5.84. The van der Waals surface area contributed by atoms with E-state index in [1.54, 1.807) is 6.92 Å². The lowest BCUT2D eigenvalue weighted by molar-refractivity contribution is 0.319. The van der Waals surface area contributed by atoms with Crippen LogP contribution in [-0.4, -0.2) is 27.6 Å². The molecule has 0 aromatic carbocycles. The van der Waals surface area contributed by atoms with E-state index in [1.165, 1.54) is 0 Å². The van der Waals surface area contributed by atoms with Crippen LogP contribution in [0.5, 0.6) is 0 Å². The van der Waals surface area contributed by atoms with E-state index in [2.05, 4.69) is 0 Å². The van der Waals surface area contributed by atoms with Gasteiger partial charge in [-0.05, 0) is 6.42 Å². The van der Waals surface area contributed by atoms with Gasteiger partial charge in [0.1, 0.15) is 0 Å². The number of hydrogen-bond acceptors (Lipinski definition) is 0. The molecular weight excluding hydrogens is 451 g/mol. The molecule has 0 saturated heterocycles. The zero-order chi connectivity index (χ0) is 14.8. The molecule has 0 amide bonds. The monoisotopic (exact) mass is 452 g/mol. The third-order valence-electron chi connectivity index (χ3n) is 2.96. The summed E-state index contributed by atoms with van der Waals surface area (Å²) in [6.45, 7) is 1.67. The van der Waals surface area contributed by atoms with Gasteiger partial charge in [-0.1, -0.05) is 99.7 Å². The molecule has 1 aliphatic carbocycles. The average Bonchev–Trinajstić information content (AvgIpc) is 2.24. The van der Waals surface area contributed by atoms with E-state index in [0.717, 1.165) is 0 Å². The van der Waals surface area contributed by atoms with E-state index >= 15 is 0 Å². The summed E-state index contributed by atoms with van der Waals surface area (Å²) < 4.78 is -8.25. The molecule has 0 radical (unpaired) electrons. The first-order valence-corrected chi connectivity index (χ1v) is 8.40. The van der Waals surface area contributed by atoms with Crippen molar-refractivity contribution in [3.05, 3.63) is 0 Å². The van der Waals surface area contributed by atoms with Crippen LogP contribution in [0, 0.1) is 0 Å². The number of alkyl halides is 10. The molecule has 0 spiro atoms. The lowest BCUT2D eigenvalue weighted by atomic mass is 9.82. The van der Waals surface area contributed by atoms with Crippen molar-refractivity contribution in [2.45, 2.75) is 40.9 Å². The Morgan fingerprint density at radius 2 is 1.11 bits per heavy atom. The maximum atomic E-state index is 6.35. The summed E-state index contributed by atoms with van der Waals surface area (Å²) in [4.78, 5) is -1.53. The van der Waals surface area contributed by atoms with E-state index in [0.29, 0.717) is 0 Å². The Bertz CT molecular complexity index is 332. The Morgan fingerprint density at radius 1 is 0.722 bits per heavy atom. The van der Waals surface area contributed by atoms with Crippen LogP contribution in [0.3, 0.4) is 0 Å². The number of hydrogen-bond donors (Lipinski definition) is 0. The van der Waals surface area contributed by atoms with Crippen LogP contribution in [0.4, 0.5) is 0 Å². The molecule has 18 heavy (non-hydrogen) atoms. The molecule has 1 rings (SSSR count). The maximum Gasteiger partial charge on any atom is 0.188 e. The normalized spacial score (nSPS) is 40.5. The van der Waals surface area contributed by atoms with Gasteiger partial charge in [-0.2, -0.15) is 0 Å². The fraction of sp³-hybridized carbons (Fsp3) is 1.00. The average molecular weight is 457 g/mol. The molecule has 10 heteroatoms. The molecule has 0 heterocycles. The summed E-state index contributed by atoms with van der Waals surface area (Å²) in [6.07, 6.45) is 0.183. The van der Waals surface area contributed by atoms with Gasteiger partial charge in [-0.15, -0.1) is 23.2 Å². The quantitative estimate of drug-likeness (QED) is 0.386. The summed E-state index contributed by atoms with van der Waals surface area (Å²) in [5.74, 6) is 0. The smallest absolute Gasteiger partial charge is 0.118 e. The Morgan fingerprint density at radius 3 is 1.44 bits per heavy atom. The molecule has 1 saturated carbocycles. The highest BCUT2D eigenvalue weighted by atomic mass is 35.6. The van der Waals surface area contributed by atoms with Gasteiger partial charge in [-0.3, -0.25) is 0 Å². The molecule has 0 nitrogen and oxygen atoms in total. The Kier molecular flexibility index (Phi) is 5.50. The third kappa shape index (κ3) is 2.08. The topological polar surface area (TPSA) is 0 Å². The van der Waals surface area contributed by atoms with Crippen LogP contribution in [0.25, 0.3) is 0 Å². The van der Waals surface area contributed by atoms with Gasteiger partial charge in [0.25, 0.3) is 0 Å². The largest absolute Gasteiger partial charge is 0.188 e. The van der Waals surface area contributed by atoms with Crippen molar-refractivity contribution in [1.29, 1.82) is 0 Å². The minimum atomic E-state index is -2.15. The molecular formula is C8H6Cl10. The summed E-state index contributed by atoms with van der Waals surface area (Å²) in [6, 6.07) is 0. The Hall–Kier alpha value is 2.90. The first-order chi connectivity index (χ1) is 7.72. The zero-order valence-electron chi connectivity index (χ0n) is 8.56. The van der Waals surface area contributed by atoms with E-state index in [9.17, 15) is 0 Å². The lowest BCUT2D eigenvalue weighted by Gasteiger charge is -2.60. The van der Waals surface area contributed by atoms with E-state index in [1.807, 2.05) is 0 Å². The van der Waals surface area contributed by atoms with Crippen LogP contribution >= 0.6 is 116 Å². The van der Waals surface area contributed by atoms with Gasteiger partial charge in [0.05, 0.1) is 10.3 Å². The maximum absolute atomic E-state index is 6.35. The van der Waals surface area contributed by atoms with Gasteiger partial charge in [0.2, 0.25) is 0 Å². The second-order valence-corrected chi connectivity index (χ2v) is 10.4. The third-order valence-corrected chi connectivity index (χ3v) is 10.7. The molecule has 1 fully saturated rings. The van der Waals surface area contributed by atoms with Gasteiger partial charge in [0, 0.05) is 0 Å². The number of halogens is 10. The highest BCUT2D eigenvalue weighted by molar-refractivity contribution is 6.77. The number of rotatable bonds is 1. The van der Waals surface area contributed by atoms with Crippen LogP contribution in [0.15, 0.2) is 0 Å². The Balaban J connectivity index is 3.60. The summed E-state index contributed by atoms with van der Waals surface area (Å²) >= 11 is 61.3. The first kappa shape index (κ1) is 18.9.